The zero-order valence-electron chi connectivity index (χ0n) is 11.8. The predicted octanol–water partition coefficient (Wildman–Crippen LogP) is 5.42. The third-order valence-electron chi connectivity index (χ3n) is 7.36. The molecule has 2 heteroatoms. The van der Waals surface area contributed by atoms with Gasteiger partial charge in [-0.15, -0.1) is 0 Å². The summed E-state index contributed by atoms with van der Waals surface area (Å²) in [5.41, 5.74) is 0.685. The second-order valence-electron chi connectivity index (χ2n) is 7.99. The highest BCUT2D eigenvalue weighted by atomic mass is 19.3. The van der Waals surface area contributed by atoms with E-state index in [0.29, 0.717) is 17.3 Å². The molecule has 5 unspecified atom stereocenters. The summed E-state index contributed by atoms with van der Waals surface area (Å²) < 4.78 is 27.0. The van der Waals surface area contributed by atoms with Crippen molar-refractivity contribution in [2.75, 3.05) is 0 Å². The molecule has 0 aromatic heterocycles. The number of fused-ring (bicyclic) bond motifs is 2. The van der Waals surface area contributed by atoms with Gasteiger partial charge < -0.3 is 0 Å². The summed E-state index contributed by atoms with van der Waals surface area (Å²) in [6.07, 6.45) is 12.1. The van der Waals surface area contributed by atoms with Gasteiger partial charge in [0.1, 0.15) is 0 Å². The van der Waals surface area contributed by atoms with E-state index in [1.807, 2.05) is 0 Å². The van der Waals surface area contributed by atoms with Gasteiger partial charge in [-0.05, 0) is 80.5 Å². The number of hydrogen-bond acceptors (Lipinski definition) is 0. The Bertz CT molecular complexity index is 364. The SMILES string of the molecule is FC1(F)CCC2CC(C34CCCC3CC4)CCC2C1. The fourth-order valence-electron chi connectivity index (χ4n) is 6.25. The molecule has 108 valence electrons. The molecule has 5 atom stereocenters. The summed E-state index contributed by atoms with van der Waals surface area (Å²) in [4.78, 5) is 0. The molecular formula is C17H26F2. The van der Waals surface area contributed by atoms with Crippen molar-refractivity contribution >= 4 is 0 Å². The maximum absolute atomic E-state index is 13.5. The van der Waals surface area contributed by atoms with Crippen LogP contribution in [0.5, 0.6) is 0 Å². The van der Waals surface area contributed by atoms with Crippen LogP contribution < -0.4 is 0 Å². The van der Waals surface area contributed by atoms with E-state index >= 15 is 0 Å². The molecule has 4 rings (SSSR count). The van der Waals surface area contributed by atoms with Crippen molar-refractivity contribution in [3.05, 3.63) is 0 Å². The smallest absolute Gasteiger partial charge is 0.207 e. The maximum Gasteiger partial charge on any atom is 0.248 e. The highest BCUT2D eigenvalue weighted by molar-refractivity contribution is 5.05. The van der Waals surface area contributed by atoms with Crippen LogP contribution in [0.4, 0.5) is 8.78 Å². The summed E-state index contributed by atoms with van der Waals surface area (Å²) in [5.74, 6) is 0.533. The predicted molar refractivity (Wildman–Crippen MR) is 72.1 cm³/mol. The molecule has 0 nitrogen and oxygen atoms in total. The lowest BCUT2D eigenvalue weighted by molar-refractivity contribution is -0.103. The lowest BCUT2D eigenvalue weighted by Crippen LogP contribution is -2.46. The minimum Gasteiger partial charge on any atom is -0.207 e. The van der Waals surface area contributed by atoms with Gasteiger partial charge >= 0.3 is 0 Å². The fourth-order valence-corrected chi connectivity index (χ4v) is 6.25. The number of hydrogen-bond donors (Lipinski definition) is 0. The monoisotopic (exact) mass is 268 g/mol. The van der Waals surface area contributed by atoms with Crippen molar-refractivity contribution < 1.29 is 8.78 Å². The van der Waals surface area contributed by atoms with Crippen molar-refractivity contribution in [2.24, 2.45) is 29.1 Å². The summed E-state index contributed by atoms with van der Waals surface area (Å²) in [5, 5.41) is 0. The summed E-state index contributed by atoms with van der Waals surface area (Å²) >= 11 is 0. The average Bonchev–Trinajstić information content (AvgIpc) is 2.64. The zero-order valence-corrected chi connectivity index (χ0v) is 11.8. The Hall–Kier alpha value is -0.140. The zero-order chi connectivity index (χ0) is 13.1. The summed E-state index contributed by atoms with van der Waals surface area (Å²) in [7, 11) is 0. The first-order valence-corrected chi connectivity index (χ1v) is 8.47. The Balaban J connectivity index is 1.46. The van der Waals surface area contributed by atoms with Crippen LogP contribution in [0.25, 0.3) is 0 Å². The highest BCUT2D eigenvalue weighted by Crippen LogP contribution is 2.65. The molecule has 0 N–H and O–H groups in total. The van der Waals surface area contributed by atoms with E-state index < -0.39 is 5.92 Å². The first-order chi connectivity index (χ1) is 9.09. The van der Waals surface area contributed by atoms with Crippen LogP contribution in [0.3, 0.4) is 0 Å². The molecule has 0 aromatic carbocycles. The summed E-state index contributed by atoms with van der Waals surface area (Å²) in [6, 6.07) is 0. The van der Waals surface area contributed by atoms with Gasteiger partial charge in [0.2, 0.25) is 5.92 Å². The Labute approximate surface area is 115 Å². The fraction of sp³-hybridized carbons (Fsp3) is 1.00. The minimum atomic E-state index is -2.35. The molecule has 0 radical (unpaired) electrons. The third-order valence-corrected chi connectivity index (χ3v) is 7.36. The Morgan fingerprint density at radius 1 is 0.737 bits per heavy atom. The third kappa shape index (κ3) is 1.88. The largest absolute Gasteiger partial charge is 0.248 e. The first-order valence-electron chi connectivity index (χ1n) is 8.47. The van der Waals surface area contributed by atoms with Crippen molar-refractivity contribution in [1.29, 1.82) is 0 Å². The van der Waals surface area contributed by atoms with E-state index in [0.717, 1.165) is 24.7 Å². The topological polar surface area (TPSA) is 0 Å². The van der Waals surface area contributed by atoms with E-state index in [1.54, 1.807) is 0 Å². The van der Waals surface area contributed by atoms with E-state index in [-0.39, 0.29) is 12.8 Å². The van der Waals surface area contributed by atoms with Crippen molar-refractivity contribution in [3.8, 4) is 0 Å². The Kier molecular flexibility index (Phi) is 2.77. The van der Waals surface area contributed by atoms with Gasteiger partial charge in [0.25, 0.3) is 0 Å². The molecule has 0 saturated heterocycles. The van der Waals surface area contributed by atoms with Gasteiger partial charge in [-0.25, -0.2) is 8.78 Å². The Morgan fingerprint density at radius 2 is 1.63 bits per heavy atom. The van der Waals surface area contributed by atoms with E-state index in [9.17, 15) is 8.78 Å². The highest BCUT2D eigenvalue weighted by Gasteiger charge is 2.56. The van der Waals surface area contributed by atoms with Crippen molar-refractivity contribution in [1.82, 2.24) is 0 Å². The standard InChI is InChI=1S/C17H26F2/c18-17(19)9-5-12-10-15(4-3-13(12)11-17)16-7-1-2-14(16)6-8-16/h12-15H,1-11H2. The van der Waals surface area contributed by atoms with Gasteiger partial charge in [0.05, 0.1) is 0 Å². The van der Waals surface area contributed by atoms with E-state index in [2.05, 4.69) is 0 Å². The molecular weight excluding hydrogens is 242 g/mol. The van der Waals surface area contributed by atoms with Gasteiger partial charge in [-0.1, -0.05) is 6.42 Å². The molecule has 0 aliphatic heterocycles. The molecule has 0 bridgehead atoms. The van der Waals surface area contributed by atoms with Crippen LogP contribution in [0, 0.1) is 29.1 Å². The molecule has 0 spiro atoms. The minimum absolute atomic E-state index is 0.164. The van der Waals surface area contributed by atoms with E-state index in [1.165, 1.54) is 44.9 Å². The molecule has 0 heterocycles. The average molecular weight is 268 g/mol. The number of halogens is 2. The molecule has 19 heavy (non-hydrogen) atoms. The van der Waals surface area contributed by atoms with Crippen LogP contribution >= 0.6 is 0 Å². The van der Waals surface area contributed by atoms with Gasteiger partial charge in [0, 0.05) is 12.8 Å². The van der Waals surface area contributed by atoms with Gasteiger partial charge in [0.15, 0.2) is 0 Å². The van der Waals surface area contributed by atoms with Gasteiger partial charge in [-0.3, -0.25) is 0 Å². The summed E-state index contributed by atoms with van der Waals surface area (Å²) in [6.45, 7) is 0. The second kappa shape index (κ2) is 4.18. The van der Waals surface area contributed by atoms with E-state index in [4.69, 9.17) is 0 Å². The molecule has 0 aromatic rings. The quantitative estimate of drug-likeness (QED) is 0.596. The van der Waals surface area contributed by atoms with Crippen LogP contribution in [-0.4, -0.2) is 5.92 Å². The van der Waals surface area contributed by atoms with Crippen LogP contribution in [-0.2, 0) is 0 Å². The lowest BCUT2D eigenvalue weighted by atomic mass is 9.50. The molecule has 0 amide bonds. The molecule has 4 aliphatic carbocycles. The van der Waals surface area contributed by atoms with Crippen LogP contribution in [0.15, 0.2) is 0 Å². The molecule has 4 fully saturated rings. The Morgan fingerprint density at radius 3 is 2.37 bits per heavy atom. The number of alkyl halides is 2. The van der Waals surface area contributed by atoms with Crippen molar-refractivity contribution in [2.45, 2.75) is 76.6 Å². The van der Waals surface area contributed by atoms with Crippen LogP contribution in [0.2, 0.25) is 0 Å². The van der Waals surface area contributed by atoms with Gasteiger partial charge in [-0.2, -0.15) is 0 Å². The molecule has 4 saturated carbocycles. The normalized spacial score (nSPS) is 52.1. The van der Waals surface area contributed by atoms with Crippen LogP contribution in [0.1, 0.15) is 70.6 Å². The molecule has 4 aliphatic rings. The van der Waals surface area contributed by atoms with Crippen molar-refractivity contribution in [3.63, 3.8) is 0 Å². The lowest BCUT2D eigenvalue weighted by Gasteiger charge is -2.55. The maximum atomic E-state index is 13.5. The number of rotatable bonds is 1. The first kappa shape index (κ1) is 12.6. The second-order valence-corrected chi connectivity index (χ2v) is 7.99.